The molecule has 10 heavy (non-hydrogen) atoms. The van der Waals surface area contributed by atoms with Crippen LogP contribution in [0.4, 0.5) is 0 Å². The number of nitrogens with two attached hydrogens (primary N) is 1. The predicted molar refractivity (Wildman–Crippen MR) is 36.9 cm³/mol. The van der Waals surface area contributed by atoms with Crippen molar-refractivity contribution in [2.24, 2.45) is 12.8 Å². The van der Waals surface area contributed by atoms with Crippen LogP contribution >= 0.6 is 0 Å². The van der Waals surface area contributed by atoms with Crippen LogP contribution in [-0.4, -0.2) is 21.5 Å². The molecule has 0 bridgehead atoms. The molecule has 0 aliphatic carbocycles. The van der Waals surface area contributed by atoms with Crippen molar-refractivity contribution in [3.05, 3.63) is 11.9 Å². The van der Waals surface area contributed by atoms with Crippen molar-refractivity contribution in [2.45, 2.75) is 0 Å². The molecule has 1 aromatic rings. The van der Waals surface area contributed by atoms with Gasteiger partial charge in [0.15, 0.2) is 5.69 Å². The van der Waals surface area contributed by atoms with E-state index in [2.05, 4.69) is 22.0 Å². The lowest BCUT2D eigenvalue weighted by Crippen LogP contribution is -1.94. The average Bonchev–Trinajstić information content (AvgIpc) is 2.31. The molecule has 4 heteroatoms. The second-order valence-electron chi connectivity index (χ2n) is 1.73. The van der Waals surface area contributed by atoms with Gasteiger partial charge in [0.05, 0.1) is 12.7 Å². The van der Waals surface area contributed by atoms with E-state index in [1.165, 1.54) is 4.80 Å². The first kappa shape index (κ1) is 6.78. The van der Waals surface area contributed by atoms with E-state index in [0.717, 1.165) is 0 Å². The van der Waals surface area contributed by atoms with Gasteiger partial charge in [0.25, 0.3) is 0 Å². The van der Waals surface area contributed by atoms with Crippen molar-refractivity contribution >= 4 is 0 Å². The number of aryl methyl sites for hydroxylation is 1. The maximum absolute atomic E-state index is 5.15. The monoisotopic (exact) mass is 136 g/mol. The quantitative estimate of drug-likeness (QED) is 0.471. The fraction of sp³-hybridized carbons (Fsp3) is 0.333. The van der Waals surface area contributed by atoms with Gasteiger partial charge in [-0.3, -0.25) is 0 Å². The van der Waals surface area contributed by atoms with Crippen molar-refractivity contribution in [1.82, 2.24) is 15.0 Å². The second kappa shape index (κ2) is 2.99. The molecule has 52 valence electrons. The van der Waals surface area contributed by atoms with Gasteiger partial charge in [0.1, 0.15) is 0 Å². The van der Waals surface area contributed by atoms with Crippen LogP contribution in [-0.2, 0) is 7.05 Å². The molecule has 1 rings (SSSR count). The molecule has 2 N–H and O–H groups in total. The Morgan fingerprint density at radius 3 is 3.10 bits per heavy atom. The zero-order valence-electron chi connectivity index (χ0n) is 5.70. The summed E-state index contributed by atoms with van der Waals surface area (Å²) in [5.41, 5.74) is 5.81. The molecule has 0 fully saturated rings. The Hall–Kier alpha value is -1.34. The number of rotatable bonds is 0. The van der Waals surface area contributed by atoms with Gasteiger partial charge in [-0.25, -0.2) is 0 Å². The van der Waals surface area contributed by atoms with Crippen molar-refractivity contribution < 1.29 is 0 Å². The normalized spacial score (nSPS) is 8.60. The van der Waals surface area contributed by atoms with E-state index in [0.29, 0.717) is 12.2 Å². The van der Waals surface area contributed by atoms with E-state index in [4.69, 9.17) is 5.73 Å². The third kappa shape index (κ3) is 1.57. The van der Waals surface area contributed by atoms with Gasteiger partial charge in [0, 0.05) is 7.05 Å². The summed E-state index contributed by atoms with van der Waals surface area (Å²) in [6.07, 6.45) is 1.60. The van der Waals surface area contributed by atoms with Crippen LogP contribution < -0.4 is 5.73 Å². The summed E-state index contributed by atoms with van der Waals surface area (Å²) in [5.74, 6) is 5.44. The molecule has 1 aromatic heterocycles. The molecule has 0 aliphatic rings. The SMILES string of the molecule is Cn1ncc(C#CCN)n1. The first-order valence-electron chi connectivity index (χ1n) is 2.88. The van der Waals surface area contributed by atoms with Crippen LogP contribution in [0.5, 0.6) is 0 Å². The number of aromatic nitrogens is 3. The van der Waals surface area contributed by atoms with Gasteiger partial charge in [-0.15, -0.1) is 5.10 Å². The molecule has 0 aliphatic heterocycles. The summed E-state index contributed by atoms with van der Waals surface area (Å²) >= 11 is 0. The molecular formula is C6H8N4. The Morgan fingerprint density at radius 1 is 1.80 bits per heavy atom. The minimum absolute atomic E-state index is 0.358. The second-order valence-corrected chi connectivity index (χ2v) is 1.73. The summed E-state index contributed by atoms with van der Waals surface area (Å²) in [6, 6.07) is 0. The van der Waals surface area contributed by atoms with Gasteiger partial charge in [-0.2, -0.15) is 9.90 Å². The van der Waals surface area contributed by atoms with Crippen molar-refractivity contribution in [2.75, 3.05) is 6.54 Å². The topological polar surface area (TPSA) is 56.7 Å². The molecule has 0 aromatic carbocycles. The first-order chi connectivity index (χ1) is 4.83. The lowest BCUT2D eigenvalue weighted by molar-refractivity contribution is 0.652. The molecule has 0 unspecified atom stereocenters. The Balaban J connectivity index is 2.76. The minimum atomic E-state index is 0.358. The van der Waals surface area contributed by atoms with Gasteiger partial charge in [0.2, 0.25) is 0 Å². The molecule has 0 saturated carbocycles. The van der Waals surface area contributed by atoms with E-state index < -0.39 is 0 Å². The molecule has 0 saturated heterocycles. The molecule has 0 spiro atoms. The van der Waals surface area contributed by atoms with Gasteiger partial charge < -0.3 is 5.73 Å². The Bertz CT molecular complexity index is 265. The predicted octanol–water partition coefficient (Wildman–Crippen LogP) is -0.875. The molecule has 1 heterocycles. The van der Waals surface area contributed by atoms with Crippen LogP contribution in [0.25, 0.3) is 0 Å². The van der Waals surface area contributed by atoms with E-state index >= 15 is 0 Å². The molecule has 0 radical (unpaired) electrons. The third-order valence-corrected chi connectivity index (χ3v) is 0.918. The van der Waals surface area contributed by atoms with E-state index in [1.807, 2.05) is 0 Å². The number of nitrogens with zero attached hydrogens (tertiary/aromatic N) is 3. The lowest BCUT2D eigenvalue weighted by atomic mass is 10.5. The molecule has 0 amide bonds. The highest BCUT2D eigenvalue weighted by atomic mass is 15.4. The Morgan fingerprint density at radius 2 is 2.60 bits per heavy atom. The van der Waals surface area contributed by atoms with Crippen LogP contribution in [0.1, 0.15) is 5.69 Å². The standard InChI is InChI=1S/C6H8N4/c1-10-8-5-6(9-10)3-2-4-7/h5H,4,7H2,1H3. The zero-order valence-corrected chi connectivity index (χ0v) is 5.70. The van der Waals surface area contributed by atoms with E-state index in [-0.39, 0.29) is 0 Å². The van der Waals surface area contributed by atoms with Crippen LogP contribution in [0.3, 0.4) is 0 Å². The minimum Gasteiger partial charge on any atom is -0.320 e. The summed E-state index contributed by atoms with van der Waals surface area (Å²) in [5, 5.41) is 7.76. The van der Waals surface area contributed by atoms with E-state index in [9.17, 15) is 0 Å². The summed E-state index contributed by atoms with van der Waals surface area (Å²) in [6.45, 7) is 0.358. The van der Waals surface area contributed by atoms with Crippen molar-refractivity contribution in [1.29, 1.82) is 0 Å². The fourth-order valence-corrected chi connectivity index (χ4v) is 0.545. The first-order valence-corrected chi connectivity index (χ1v) is 2.88. The molecule has 0 atom stereocenters. The summed E-state index contributed by atoms with van der Waals surface area (Å²) in [7, 11) is 1.74. The lowest BCUT2D eigenvalue weighted by Gasteiger charge is -1.77. The van der Waals surface area contributed by atoms with Gasteiger partial charge >= 0.3 is 0 Å². The van der Waals surface area contributed by atoms with Crippen molar-refractivity contribution in [3.8, 4) is 11.8 Å². The molecular weight excluding hydrogens is 128 g/mol. The van der Waals surface area contributed by atoms with Crippen LogP contribution in [0.15, 0.2) is 6.20 Å². The highest BCUT2D eigenvalue weighted by Crippen LogP contribution is 1.84. The van der Waals surface area contributed by atoms with Gasteiger partial charge in [-0.05, 0) is 5.92 Å². The number of hydrogen-bond acceptors (Lipinski definition) is 3. The maximum atomic E-state index is 5.15. The third-order valence-electron chi connectivity index (χ3n) is 0.918. The largest absolute Gasteiger partial charge is 0.320 e. The number of hydrogen-bond donors (Lipinski definition) is 1. The Kier molecular flexibility index (Phi) is 2.03. The highest BCUT2D eigenvalue weighted by molar-refractivity contribution is 5.23. The van der Waals surface area contributed by atoms with Crippen LogP contribution in [0, 0.1) is 11.8 Å². The van der Waals surface area contributed by atoms with E-state index in [1.54, 1.807) is 13.2 Å². The van der Waals surface area contributed by atoms with Crippen molar-refractivity contribution in [3.63, 3.8) is 0 Å². The molecule has 4 nitrogen and oxygen atoms in total. The maximum Gasteiger partial charge on any atom is 0.155 e. The summed E-state index contributed by atoms with van der Waals surface area (Å²) < 4.78 is 0. The summed E-state index contributed by atoms with van der Waals surface area (Å²) in [4.78, 5) is 1.46. The average molecular weight is 136 g/mol. The zero-order chi connectivity index (χ0) is 7.40. The smallest absolute Gasteiger partial charge is 0.155 e. The Labute approximate surface area is 59.0 Å². The van der Waals surface area contributed by atoms with Gasteiger partial charge in [-0.1, -0.05) is 5.92 Å². The highest BCUT2D eigenvalue weighted by Gasteiger charge is 1.88. The van der Waals surface area contributed by atoms with Crippen LogP contribution in [0.2, 0.25) is 0 Å². The fourth-order valence-electron chi connectivity index (χ4n) is 0.545.